The number of ether oxygens (including phenoxy) is 2. The molecule has 2 aromatic rings. The molecule has 0 saturated heterocycles. The Morgan fingerprint density at radius 3 is 2.44 bits per heavy atom. The highest BCUT2D eigenvalue weighted by atomic mass is 16.5. The first-order valence-corrected chi connectivity index (χ1v) is 16.6. The van der Waals surface area contributed by atoms with Gasteiger partial charge in [-0.3, -0.25) is 14.4 Å². The van der Waals surface area contributed by atoms with Crippen LogP contribution in [0.25, 0.3) is 0 Å². The average Bonchev–Trinajstić information content (AvgIpc) is 3.06. The number of anilines is 1. The first-order valence-electron chi connectivity index (χ1n) is 16.6. The van der Waals surface area contributed by atoms with Crippen molar-refractivity contribution in [1.82, 2.24) is 9.80 Å². The predicted octanol–water partition coefficient (Wildman–Crippen LogP) is 5.77. The molecule has 2 N–H and O–H groups in total. The van der Waals surface area contributed by atoms with Crippen molar-refractivity contribution in [3.05, 3.63) is 59.7 Å². The molecule has 4 atom stereocenters. The summed E-state index contributed by atoms with van der Waals surface area (Å²) in [7, 11) is 1.77. The van der Waals surface area contributed by atoms with Gasteiger partial charge in [0.05, 0.1) is 30.4 Å². The average molecular weight is 622 g/mol. The molecular weight excluding hydrogens is 570 g/mol. The zero-order valence-corrected chi connectivity index (χ0v) is 27.4. The molecule has 1 saturated carbocycles. The summed E-state index contributed by atoms with van der Waals surface area (Å²) in [6, 6.07) is 14.0. The fourth-order valence-corrected chi connectivity index (χ4v) is 6.23. The number of benzene rings is 2. The topological polar surface area (TPSA) is 108 Å². The SMILES string of the molecule is C[C@@H]1CCCCO[C@H](CN(C)C(=O)c2ccccc2)[C@@H](C)CN([C@@H](C)CO)C(=O)c2cc(NC(=O)C3CCCCC3)ccc2O1. The molecule has 0 spiro atoms. The highest BCUT2D eigenvalue weighted by molar-refractivity contribution is 6.00. The molecule has 0 radical (unpaired) electrons. The number of likely N-dealkylation sites (N-methyl/N-ethyl adjacent to an activating group) is 1. The number of nitrogens with zero attached hydrogens (tertiary/aromatic N) is 2. The largest absolute Gasteiger partial charge is 0.490 e. The zero-order chi connectivity index (χ0) is 32.3. The Morgan fingerprint density at radius 1 is 1.02 bits per heavy atom. The smallest absolute Gasteiger partial charge is 0.258 e. The summed E-state index contributed by atoms with van der Waals surface area (Å²) in [5.41, 5.74) is 1.51. The Bertz CT molecular complexity index is 1260. The van der Waals surface area contributed by atoms with Crippen molar-refractivity contribution < 1.29 is 29.0 Å². The van der Waals surface area contributed by atoms with E-state index in [-0.39, 0.29) is 48.4 Å². The second-order valence-corrected chi connectivity index (χ2v) is 12.9. The van der Waals surface area contributed by atoms with Gasteiger partial charge in [0.25, 0.3) is 11.8 Å². The lowest BCUT2D eigenvalue weighted by Crippen LogP contribution is -2.48. The molecule has 2 aliphatic rings. The van der Waals surface area contributed by atoms with Gasteiger partial charge in [-0.2, -0.15) is 0 Å². The van der Waals surface area contributed by atoms with Crippen molar-refractivity contribution in [1.29, 1.82) is 0 Å². The van der Waals surface area contributed by atoms with Crippen LogP contribution in [-0.4, -0.2) is 84.2 Å². The molecule has 1 fully saturated rings. The number of aliphatic hydroxyl groups is 1. The van der Waals surface area contributed by atoms with E-state index >= 15 is 0 Å². The molecular formula is C36H51N3O6. The maximum atomic E-state index is 14.3. The monoisotopic (exact) mass is 621 g/mol. The van der Waals surface area contributed by atoms with E-state index in [4.69, 9.17) is 9.47 Å². The number of rotatable bonds is 7. The number of carbonyl (C=O) groups excluding carboxylic acids is 3. The van der Waals surface area contributed by atoms with Crippen molar-refractivity contribution >= 4 is 23.4 Å². The second kappa shape index (κ2) is 16.8. The lowest BCUT2D eigenvalue weighted by molar-refractivity contribution is -0.120. The Morgan fingerprint density at radius 2 is 1.73 bits per heavy atom. The molecule has 0 bridgehead atoms. The van der Waals surface area contributed by atoms with Crippen molar-refractivity contribution in [3.8, 4) is 5.75 Å². The van der Waals surface area contributed by atoms with Gasteiger partial charge in [-0.25, -0.2) is 0 Å². The summed E-state index contributed by atoms with van der Waals surface area (Å²) in [5, 5.41) is 13.3. The van der Waals surface area contributed by atoms with Gasteiger partial charge in [0.15, 0.2) is 0 Å². The van der Waals surface area contributed by atoms with Gasteiger partial charge in [0.2, 0.25) is 5.91 Å². The van der Waals surface area contributed by atoms with E-state index in [0.717, 1.165) is 51.4 Å². The molecule has 9 nitrogen and oxygen atoms in total. The van der Waals surface area contributed by atoms with E-state index in [9.17, 15) is 19.5 Å². The van der Waals surface area contributed by atoms with Crippen LogP contribution in [0.1, 0.15) is 92.9 Å². The molecule has 1 heterocycles. The summed E-state index contributed by atoms with van der Waals surface area (Å²) < 4.78 is 12.7. The van der Waals surface area contributed by atoms with Crippen LogP contribution >= 0.6 is 0 Å². The third kappa shape index (κ3) is 9.53. The van der Waals surface area contributed by atoms with Gasteiger partial charge in [-0.05, 0) is 76.3 Å². The quantitative estimate of drug-likeness (QED) is 0.406. The summed E-state index contributed by atoms with van der Waals surface area (Å²) >= 11 is 0. The molecule has 0 unspecified atom stereocenters. The van der Waals surface area contributed by atoms with Crippen molar-refractivity contribution in [2.75, 3.05) is 38.7 Å². The van der Waals surface area contributed by atoms with Gasteiger partial charge in [-0.1, -0.05) is 44.4 Å². The van der Waals surface area contributed by atoms with Gasteiger partial charge in [0, 0.05) is 49.8 Å². The van der Waals surface area contributed by atoms with Crippen LogP contribution in [0.3, 0.4) is 0 Å². The third-order valence-electron chi connectivity index (χ3n) is 9.12. The van der Waals surface area contributed by atoms with Crippen LogP contribution < -0.4 is 10.1 Å². The highest BCUT2D eigenvalue weighted by Gasteiger charge is 2.31. The predicted molar refractivity (Wildman–Crippen MR) is 175 cm³/mol. The lowest BCUT2D eigenvalue weighted by Gasteiger charge is -2.36. The fraction of sp³-hybridized carbons (Fsp3) is 0.583. The first-order chi connectivity index (χ1) is 21.7. The minimum atomic E-state index is -0.483. The van der Waals surface area contributed by atoms with Gasteiger partial charge in [-0.15, -0.1) is 0 Å². The van der Waals surface area contributed by atoms with Crippen LogP contribution in [0.5, 0.6) is 5.75 Å². The minimum Gasteiger partial charge on any atom is -0.490 e. The van der Waals surface area contributed by atoms with Crippen molar-refractivity contribution in [2.24, 2.45) is 11.8 Å². The maximum Gasteiger partial charge on any atom is 0.258 e. The van der Waals surface area contributed by atoms with E-state index < -0.39 is 6.04 Å². The fourth-order valence-electron chi connectivity index (χ4n) is 6.23. The normalized spacial score (nSPS) is 22.8. The molecule has 45 heavy (non-hydrogen) atoms. The summed E-state index contributed by atoms with van der Waals surface area (Å²) in [4.78, 5) is 43.9. The van der Waals surface area contributed by atoms with Crippen LogP contribution in [0.2, 0.25) is 0 Å². The van der Waals surface area contributed by atoms with Crippen LogP contribution in [0.4, 0.5) is 5.69 Å². The Balaban J connectivity index is 1.61. The van der Waals surface area contributed by atoms with E-state index in [1.807, 2.05) is 39.0 Å². The van der Waals surface area contributed by atoms with Crippen LogP contribution in [0.15, 0.2) is 48.5 Å². The standard InChI is InChI=1S/C36H51N3O6/c1-25-22-39(26(2)24-40)36(43)31-21-30(37-34(41)28-14-7-5-8-15-28)18-19-32(31)45-27(3)13-11-12-20-44-33(25)23-38(4)35(42)29-16-9-6-10-17-29/h6,9-10,16-19,21,25-28,33,40H,5,7-8,11-15,20,22-24H2,1-4H3,(H,37,41)/t25-,26-,27+,33+/m0/s1. The third-order valence-corrected chi connectivity index (χ3v) is 9.12. The number of hydrogen-bond donors (Lipinski definition) is 2. The highest BCUT2D eigenvalue weighted by Crippen LogP contribution is 2.30. The molecule has 246 valence electrons. The minimum absolute atomic E-state index is 0.0133. The summed E-state index contributed by atoms with van der Waals surface area (Å²) in [6.07, 6.45) is 7.05. The Hall–Kier alpha value is -3.43. The van der Waals surface area contributed by atoms with E-state index in [1.165, 1.54) is 0 Å². The summed E-state index contributed by atoms with van der Waals surface area (Å²) in [6.45, 7) is 6.78. The molecule has 0 aromatic heterocycles. The number of amides is 3. The molecule has 2 aromatic carbocycles. The number of fused-ring (bicyclic) bond motifs is 1. The Labute approximate surface area is 268 Å². The molecule has 4 rings (SSSR count). The molecule has 9 heteroatoms. The number of nitrogens with one attached hydrogen (secondary N) is 1. The molecule has 1 aliphatic heterocycles. The van der Waals surface area contributed by atoms with Gasteiger partial charge in [0.1, 0.15) is 5.75 Å². The number of hydrogen-bond acceptors (Lipinski definition) is 6. The van der Waals surface area contributed by atoms with Crippen LogP contribution in [0, 0.1) is 11.8 Å². The van der Waals surface area contributed by atoms with Gasteiger partial charge < -0.3 is 29.7 Å². The first kappa shape index (κ1) is 34.4. The van der Waals surface area contributed by atoms with Crippen molar-refractivity contribution in [2.45, 2.75) is 90.4 Å². The number of aliphatic hydroxyl groups excluding tert-OH is 1. The maximum absolute atomic E-state index is 14.3. The second-order valence-electron chi connectivity index (χ2n) is 12.9. The van der Waals surface area contributed by atoms with E-state index in [2.05, 4.69) is 5.32 Å². The lowest BCUT2D eigenvalue weighted by atomic mass is 9.88. The Kier molecular flexibility index (Phi) is 12.8. The number of carbonyl (C=O) groups is 3. The molecule has 3 amide bonds. The van der Waals surface area contributed by atoms with Gasteiger partial charge >= 0.3 is 0 Å². The van der Waals surface area contributed by atoms with Crippen LogP contribution in [-0.2, 0) is 9.53 Å². The molecule has 1 aliphatic carbocycles. The zero-order valence-electron chi connectivity index (χ0n) is 27.4. The van der Waals surface area contributed by atoms with E-state index in [1.54, 1.807) is 47.2 Å². The van der Waals surface area contributed by atoms with Crippen molar-refractivity contribution in [3.63, 3.8) is 0 Å². The van der Waals surface area contributed by atoms with E-state index in [0.29, 0.717) is 42.3 Å². The summed E-state index contributed by atoms with van der Waals surface area (Å²) in [5.74, 6) is -0.108.